The normalized spacial score (nSPS) is 11.3. The van der Waals surface area contributed by atoms with E-state index < -0.39 is 0 Å². The van der Waals surface area contributed by atoms with E-state index in [1.807, 2.05) is 18.5 Å². The second-order valence-electron chi connectivity index (χ2n) is 3.86. The third-order valence-corrected chi connectivity index (χ3v) is 2.11. The van der Waals surface area contributed by atoms with Gasteiger partial charge in [0.15, 0.2) is 0 Å². The first-order valence-electron chi connectivity index (χ1n) is 4.67. The van der Waals surface area contributed by atoms with Crippen LogP contribution in [0.2, 0.25) is 0 Å². The zero-order valence-corrected chi connectivity index (χ0v) is 8.04. The van der Waals surface area contributed by atoms with Crippen molar-refractivity contribution in [2.24, 2.45) is 5.92 Å². The van der Waals surface area contributed by atoms with Gasteiger partial charge in [0.25, 0.3) is 0 Å². The number of pyridine rings is 1. The molecule has 68 valence electrons. The van der Waals surface area contributed by atoms with Gasteiger partial charge in [0.05, 0.1) is 0 Å². The van der Waals surface area contributed by atoms with Gasteiger partial charge in [-0.15, -0.1) is 0 Å². The van der Waals surface area contributed by atoms with Crippen molar-refractivity contribution in [2.75, 3.05) is 0 Å². The highest BCUT2D eigenvalue weighted by Gasteiger charge is 2.01. The van der Waals surface area contributed by atoms with Crippen molar-refractivity contribution < 1.29 is 0 Å². The molecular formula is C11H14N2. The zero-order valence-electron chi connectivity index (χ0n) is 8.04. The molecule has 0 amide bonds. The van der Waals surface area contributed by atoms with Crippen LogP contribution in [0.5, 0.6) is 0 Å². The van der Waals surface area contributed by atoms with E-state index in [-0.39, 0.29) is 0 Å². The molecule has 2 heteroatoms. The quantitative estimate of drug-likeness (QED) is 0.745. The van der Waals surface area contributed by atoms with Gasteiger partial charge in [-0.1, -0.05) is 13.8 Å². The molecule has 0 atom stereocenters. The minimum absolute atomic E-state index is 0.695. The average Bonchev–Trinajstić information content (AvgIpc) is 2.44. The number of nitrogens with zero attached hydrogens (tertiary/aromatic N) is 1. The molecule has 2 rings (SSSR count). The molecule has 0 aliphatic carbocycles. The summed E-state index contributed by atoms with van der Waals surface area (Å²) < 4.78 is 0. The summed E-state index contributed by atoms with van der Waals surface area (Å²) in [5, 5.41) is 1.21. The summed E-state index contributed by atoms with van der Waals surface area (Å²) in [4.78, 5) is 7.47. The molecule has 2 aromatic heterocycles. The number of hydrogen-bond donors (Lipinski definition) is 1. The summed E-state index contributed by atoms with van der Waals surface area (Å²) in [7, 11) is 0. The monoisotopic (exact) mass is 174 g/mol. The van der Waals surface area contributed by atoms with Crippen molar-refractivity contribution in [1.82, 2.24) is 9.97 Å². The Balaban J connectivity index is 2.38. The fourth-order valence-electron chi connectivity index (χ4n) is 1.58. The van der Waals surface area contributed by atoms with Crippen molar-refractivity contribution in [1.29, 1.82) is 0 Å². The summed E-state index contributed by atoms with van der Waals surface area (Å²) in [6.45, 7) is 4.45. The Morgan fingerprint density at radius 3 is 3.00 bits per heavy atom. The Morgan fingerprint density at radius 1 is 1.46 bits per heavy atom. The highest BCUT2D eigenvalue weighted by atomic mass is 14.7. The lowest BCUT2D eigenvalue weighted by atomic mass is 10.1. The predicted octanol–water partition coefficient (Wildman–Crippen LogP) is 2.76. The van der Waals surface area contributed by atoms with Gasteiger partial charge < -0.3 is 4.98 Å². The summed E-state index contributed by atoms with van der Waals surface area (Å²) in [6.07, 6.45) is 4.82. The third kappa shape index (κ3) is 1.72. The van der Waals surface area contributed by atoms with Crippen LogP contribution in [0.1, 0.15) is 19.5 Å². The Bertz CT molecular complexity index is 368. The molecule has 2 heterocycles. The van der Waals surface area contributed by atoms with Crippen LogP contribution in [0, 0.1) is 5.92 Å². The van der Waals surface area contributed by atoms with Gasteiger partial charge in [-0.3, -0.25) is 4.98 Å². The molecule has 1 N–H and O–H groups in total. The van der Waals surface area contributed by atoms with Crippen molar-refractivity contribution in [3.05, 3.63) is 30.2 Å². The molecule has 0 saturated carbocycles. The minimum Gasteiger partial charge on any atom is -0.358 e. The van der Waals surface area contributed by atoms with E-state index in [4.69, 9.17) is 0 Å². The number of H-pyrrole nitrogens is 1. The Labute approximate surface area is 78.0 Å². The fourth-order valence-corrected chi connectivity index (χ4v) is 1.58. The van der Waals surface area contributed by atoms with Crippen LogP contribution < -0.4 is 0 Å². The topological polar surface area (TPSA) is 28.7 Å². The number of aromatic nitrogens is 2. The number of rotatable bonds is 2. The first-order valence-corrected chi connectivity index (χ1v) is 4.67. The van der Waals surface area contributed by atoms with Gasteiger partial charge in [-0.25, -0.2) is 0 Å². The van der Waals surface area contributed by atoms with Gasteiger partial charge in [0.1, 0.15) is 0 Å². The fraction of sp³-hybridized carbons (Fsp3) is 0.364. The molecule has 13 heavy (non-hydrogen) atoms. The first kappa shape index (κ1) is 8.30. The second-order valence-corrected chi connectivity index (χ2v) is 3.86. The molecule has 2 aromatic rings. The van der Waals surface area contributed by atoms with Crippen LogP contribution in [0.4, 0.5) is 0 Å². The van der Waals surface area contributed by atoms with E-state index in [2.05, 4.69) is 29.9 Å². The maximum absolute atomic E-state index is 4.09. The summed E-state index contributed by atoms with van der Waals surface area (Å²) >= 11 is 0. The summed E-state index contributed by atoms with van der Waals surface area (Å²) in [5.41, 5.74) is 2.49. The van der Waals surface area contributed by atoms with Crippen LogP contribution in [0.25, 0.3) is 10.9 Å². The van der Waals surface area contributed by atoms with Gasteiger partial charge in [0, 0.05) is 29.0 Å². The Morgan fingerprint density at radius 2 is 2.31 bits per heavy atom. The molecule has 0 bridgehead atoms. The zero-order chi connectivity index (χ0) is 9.26. The van der Waals surface area contributed by atoms with Crippen molar-refractivity contribution in [2.45, 2.75) is 20.3 Å². The maximum Gasteiger partial charge on any atom is 0.0487 e. The van der Waals surface area contributed by atoms with E-state index in [1.165, 1.54) is 16.6 Å². The van der Waals surface area contributed by atoms with Gasteiger partial charge in [-0.2, -0.15) is 0 Å². The highest BCUT2D eigenvalue weighted by Crippen LogP contribution is 2.15. The standard InChI is InChI=1S/C11H14N2/c1-8(2)5-10-6-9-7-12-4-3-11(9)13-10/h3-4,6-8,13H,5H2,1-2H3. The molecule has 0 aliphatic heterocycles. The average molecular weight is 174 g/mol. The summed E-state index contributed by atoms with van der Waals surface area (Å²) in [6, 6.07) is 4.20. The molecule has 2 nitrogen and oxygen atoms in total. The van der Waals surface area contributed by atoms with Gasteiger partial charge in [-0.05, 0) is 24.5 Å². The van der Waals surface area contributed by atoms with Crippen molar-refractivity contribution in [3.8, 4) is 0 Å². The molecule has 0 aromatic carbocycles. The smallest absolute Gasteiger partial charge is 0.0487 e. The van der Waals surface area contributed by atoms with E-state index in [9.17, 15) is 0 Å². The molecule has 0 aliphatic rings. The number of fused-ring (bicyclic) bond motifs is 1. The molecular weight excluding hydrogens is 160 g/mol. The van der Waals surface area contributed by atoms with E-state index >= 15 is 0 Å². The number of aromatic amines is 1. The SMILES string of the molecule is CC(C)Cc1cc2cnccc2[nH]1. The van der Waals surface area contributed by atoms with Gasteiger partial charge >= 0.3 is 0 Å². The van der Waals surface area contributed by atoms with Crippen molar-refractivity contribution >= 4 is 10.9 Å². The molecule has 0 spiro atoms. The van der Waals surface area contributed by atoms with Crippen LogP contribution in [0.3, 0.4) is 0 Å². The van der Waals surface area contributed by atoms with E-state index in [0.717, 1.165) is 6.42 Å². The second kappa shape index (κ2) is 3.21. The van der Waals surface area contributed by atoms with Crippen LogP contribution in [-0.4, -0.2) is 9.97 Å². The summed E-state index contributed by atoms with van der Waals surface area (Å²) in [5.74, 6) is 0.695. The number of hydrogen-bond acceptors (Lipinski definition) is 1. The predicted molar refractivity (Wildman–Crippen MR) is 54.6 cm³/mol. The largest absolute Gasteiger partial charge is 0.358 e. The molecule has 0 saturated heterocycles. The maximum atomic E-state index is 4.09. The van der Waals surface area contributed by atoms with Crippen LogP contribution in [0.15, 0.2) is 24.5 Å². The lowest BCUT2D eigenvalue weighted by molar-refractivity contribution is 0.639. The molecule has 0 fully saturated rings. The highest BCUT2D eigenvalue weighted by molar-refractivity contribution is 5.79. The lowest BCUT2D eigenvalue weighted by Gasteiger charge is -1.99. The van der Waals surface area contributed by atoms with E-state index in [1.54, 1.807) is 0 Å². The molecule has 0 unspecified atom stereocenters. The first-order chi connectivity index (χ1) is 6.25. The van der Waals surface area contributed by atoms with Crippen molar-refractivity contribution in [3.63, 3.8) is 0 Å². The van der Waals surface area contributed by atoms with Crippen LogP contribution >= 0.6 is 0 Å². The Hall–Kier alpha value is -1.31. The lowest BCUT2D eigenvalue weighted by Crippen LogP contribution is -1.93. The molecule has 0 radical (unpaired) electrons. The Kier molecular flexibility index (Phi) is 2.05. The minimum atomic E-state index is 0.695. The van der Waals surface area contributed by atoms with Crippen LogP contribution in [-0.2, 0) is 6.42 Å². The van der Waals surface area contributed by atoms with Gasteiger partial charge in [0.2, 0.25) is 0 Å². The third-order valence-electron chi connectivity index (χ3n) is 2.11. The van der Waals surface area contributed by atoms with E-state index in [0.29, 0.717) is 5.92 Å². The number of nitrogens with one attached hydrogen (secondary N) is 1.